The van der Waals surface area contributed by atoms with Gasteiger partial charge in [0.15, 0.2) is 0 Å². The zero-order valence-corrected chi connectivity index (χ0v) is 6.58. The largest absolute Gasteiger partial charge is 0.359 e. The van der Waals surface area contributed by atoms with E-state index >= 15 is 0 Å². The van der Waals surface area contributed by atoms with E-state index in [0.717, 1.165) is 0 Å². The molecule has 2 rings (SSSR count). The van der Waals surface area contributed by atoms with Crippen LogP contribution in [0.5, 0.6) is 0 Å². The summed E-state index contributed by atoms with van der Waals surface area (Å²) in [6.45, 7) is 0. The van der Waals surface area contributed by atoms with Gasteiger partial charge in [0.1, 0.15) is 0 Å². The van der Waals surface area contributed by atoms with Gasteiger partial charge in [-0.05, 0) is 9.81 Å². The molecule has 0 aliphatic heterocycles. The van der Waals surface area contributed by atoms with Crippen LogP contribution in [-0.4, -0.2) is 10.3 Å². The molecule has 74 valence electrons. The number of rotatable bonds is 1. The average Bonchev–Trinajstić information content (AvgIpc) is 2.60. The molecule has 0 radical (unpaired) electrons. The van der Waals surface area contributed by atoms with Gasteiger partial charge in [0.25, 0.3) is 11.4 Å². The van der Waals surface area contributed by atoms with Gasteiger partial charge in [-0.25, -0.2) is 0 Å². The highest BCUT2D eigenvalue weighted by Crippen LogP contribution is 2.20. The lowest BCUT2D eigenvalue weighted by Crippen LogP contribution is -2.33. The van der Waals surface area contributed by atoms with Gasteiger partial charge in [0.2, 0.25) is 0 Å². The second kappa shape index (κ2) is 2.48. The summed E-state index contributed by atoms with van der Waals surface area (Å²) in [6, 6.07) is 0. The van der Waals surface area contributed by atoms with E-state index < -0.39 is 0 Å². The Morgan fingerprint density at radius 1 is 0.929 bits per heavy atom. The first-order valence-corrected chi connectivity index (χ1v) is 3.32. The van der Waals surface area contributed by atoms with E-state index in [9.17, 15) is 10.4 Å². The lowest BCUT2D eigenvalue weighted by molar-refractivity contribution is -0.817. The van der Waals surface area contributed by atoms with E-state index in [1.165, 1.54) is 0 Å². The number of aromatic nitrogens is 4. The van der Waals surface area contributed by atoms with Gasteiger partial charge in [0.05, 0.1) is 10.3 Å². The molecule has 0 unspecified atom stereocenters. The summed E-state index contributed by atoms with van der Waals surface area (Å²) in [5, 5.41) is 28.2. The zero-order chi connectivity index (χ0) is 10.3. The fourth-order valence-corrected chi connectivity index (χ4v) is 0.933. The number of nitrogen functional groups attached to an aromatic ring is 2. The minimum absolute atomic E-state index is 0.0629. The number of nitrogens with two attached hydrogens (primary N) is 2. The van der Waals surface area contributed by atoms with E-state index in [0.29, 0.717) is 0 Å². The van der Waals surface area contributed by atoms with Crippen LogP contribution in [0.2, 0.25) is 0 Å². The van der Waals surface area contributed by atoms with Gasteiger partial charge in [-0.2, -0.15) is 0 Å². The molecule has 10 nitrogen and oxygen atoms in total. The summed E-state index contributed by atoms with van der Waals surface area (Å²) in [5.74, 6) is -0.556. The summed E-state index contributed by atoms with van der Waals surface area (Å²) in [5.41, 5.74) is 9.87. The van der Waals surface area contributed by atoms with E-state index in [1.807, 2.05) is 0 Å². The standard InChI is InChI=1S/C4H4N6O4/c5-3-1(9(11)13-7-3)2-4(6)8-14-10(2)12/h(H2,5,7)(H2,6,8). The molecular formula is C4H4N6O4. The molecule has 10 heteroatoms. The topological polar surface area (TPSA) is 158 Å². The molecule has 0 saturated heterocycles. The molecule has 2 aromatic heterocycles. The zero-order valence-electron chi connectivity index (χ0n) is 6.58. The van der Waals surface area contributed by atoms with Crippen LogP contribution in [0.4, 0.5) is 11.6 Å². The number of hydrogen-bond acceptors (Lipinski definition) is 8. The van der Waals surface area contributed by atoms with Gasteiger partial charge in [-0.15, -0.1) is 0 Å². The maximum atomic E-state index is 11.0. The van der Waals surface area contributed by atoms with Crippen LogP contribution >= 0.6 is 0 Å². The van der Waals surface area contributed by atoms with Crippen LogP contribution < -0.4 is 21.3 Å². The third-order valence-electron chi connectivity index (χ3n) is 1.50. The third-order valence-corrected chi connectivity index (χ3v) is 1.50. The maximum Gasteiger partial charge on any atom is 0.317 e. The van der Waals surface area contributed by atoms with Crippen LogP contribution in [0.25, 0.3) is 11.4 Å². The number of anilines is 2. The highest BCUT2D eigenvalue weighted by atomic mass is 16.8. The maximum absolute atomic E-state index is 11.0. The van der Waals surface area contributed by atoms with Crippen molar-refractivity contribution in [1.82, 2.24) is 10.3 Å². The molecule has 0 atom stereocenters. The van der Waals surface area contributed by atoms with E-state index in [1.54, 1.807) is 0 Å². The Hall–Kier alpha value is -2.52. The first-order chi connectivity index (χ1) is 6.61. The van der Waals surface area contributed by atoms with Crippen LogP contribution in [0.1, 0.15) is 0 Å². The van der Waals surface area contributed by atoms with Crippen molar-refractivity contribution in [3.05, 3.63) is 10.4 Å². The molecule has 4 N–H and O–H groups in total. The van der Waals surface area contributed by atoms with Crippen LogP contribution in [0.15, 0.2) is 9.26 Å². The molecule has 14 heavy (non-hydrogen) atoms. The van der Waals surface area contributed by atoms with Crippen molar-refractivity contribution in [3.63, 3.8) is 0 Å². The van der Waals surface area contributed by atoms with E-state index in [-0.39, 0.29) is 32.8 Å². The predicted octanol–water partition coefficient (Wildman–Crippen LogP) is -2.24. The summed E-state index contributed by atoms with van der Waals surface area (Å²) in [4.78, 5) is -0.126. The van der Waals surface area contributed by atoms with Crippen molar-refractivity contribution in [1.29, 1.82) is 0 Å². The van der Waals surface area contributed by atoms with E-state index in [2.05, 4.69) is 19.6 Å². The molecular weight excluding hydrogens is 196 g/mol. The Morgan fingerprint density at radius 2 is 1.29 bits per heavy atom. The molecule has 0 aromatic carbocycles. The van der Waals surface area contributed by atoms with Crippen molar-refractivity contribution in [2.75, 3.05) is 11.5 Å². The van der Waals surface area contributed by atoms with Crippen LogP contribution in [0, 0.1) is 10.4 Å². The fourth-order valence-electron chi connectivity index (χ4n) is 0.933. The molecule has 0 bridgehead atoms. The smallest absolute Gasteiger partial charge is 0.317 e. The van der Waals surface area contributed by atoms with Crippen molar-refractivity contribution >= 4 is 11.6 Å². The SMILES string of the molecule is Nc1no[n+]([O-])c1-c1c(N)no[n+]1[O-]. The Bertz CT molecular complexity index is 391. The predicted molar refractivity (Wildman–Crippen MR) is 38.7 cm³/mol. The minimum atomic E-state index is -0.334. The first kappa shape index (κ1) is 8.10. The first-order valence-electron chi connectivity index (χ1n) is 3.32. The average molecular weight is 200 g/mol. The lowest BCUT2D eigenvalue weighted by Gasteiger charge is -1.91. The van der Waals surface area contributed by atoms with Crippen molar-refractivity contribution in [2.45, 2.75) is 0 Å². The van der Waals surface area contributed by atoms with Crippen molar-refractivity contribution < 1.29 is 19.1 Å². The Balaban J connectivity index is 2.71. The lowest BCUT2D eigenvalue weighted by atomic mass is 10.3. The molecule has 0 spiro atoms. The fraction of sp³-hybridized carbons (Fsp3) is 0. The Kier molecular flexibility index (Phi) is 1.44. The second-order valence-electron chi connectivity index (χ2n) is 2.33. The number of nitrogens with zero attached hydrogens (tertiary/aromatic N) is 4. The molecule has 0 amide bonds. The summed E-state index contributed by atoms with van der Waals surface area (Å²) in [6.07, 6.45) is 0. The van der Waals surface area contributed by atoms with Crippen LogP contribution in [0.3, 0.4) is 0 Å². The third kappa shape index (κ3) is 0.903. The van der Waals surface area contributed by atoms with Gasteiger partial charge in [0, 0.05) is 0 Å². The Morgan fingerprint density at radius 3 is 1.50 bits per heavy atom. The molecule has 2 heterocycles. The summed E-state index contributed by atoms with van der Waals surface area (Å²) < 4.78 is 8.28. The second-order valence-corrected chi connectivity index (χ2v) is 2.33. The molecule has 0 aliphatic rings. The highest BCUT2D eigenvalue weighted by Gasteiger charge is 2.31. The van der Waals surface area contributed by atoms with Gasteiger partial charge in [-0.3, -0.25) is 9.26 Å². The normalized spacial score (nSPS) is 10.6. The molecule has 2 aromatic rings. The monoisotopic (exact) mass is 200 g/mol. The van der Waals surface area contributed by atoms with Crippen molar-refractivity contribution in [3.8, 4) is 11.4 Å². The van der Waals surface area contributed by atoms with E-state index in [4.69, 9.17) is 11.5 Å². The van der Waals surface area contributed by atoms with Gasteiger partial charge in [-0.1, -0.05) is 0 Å². The molecule has 0 saturated carbocycles. The van der Waals surface area contributed by atoms with Crippen molar-refractivity contribution in [2.24, 2.45) is 0 Å². The molecule has 0 aliphatic carbocycles. The number of hydrogen-bond donors (Lipinski definition) is 2. The highest BCUT2D eigenvalue weighted by molar-refractivity contribution is 5.68. The van der Waals surface area contributed by atoms with Gasteiger partial charge < -0.3 is 21.9 Å². The Labute approximate surface area is 75.4 Å². The van der Waals surface area contributed by atoms with Crippen LogP contribution in [-0.2, 0) is 0 Å². The summed E-state index contributed by atoms with van der Waals surface area (Å²) in [7, 11) is 0. The minimum Gasteiger partial charge on any atom is -0.359 e. The summed E-state index contributed by atoms with van der Waals surface area (Å²) >= 11 is 0. The van der Waals surface area contributed by atoms with Gasteiger partial charge >= 0.3 is 11.6 Å². The quantitative estimate of drug-likeness (QED) is 0.488. The molecule has 0 fully saturated rings.